The van der Waals surface area contributed by atoms with Crippen molar-refractivity contribution >= 4 is 5.91 Å². The number of fused-ring (bicyclic) bond motifs is 1. The topological polar surface area (TPSA) is 50.4 Å². The molecule has 2 aliphatic heterocycles. The molecule has 2 N–H and O–H groups in total. The second-order valence-corrected chi connectivity index (χ2v) is 5.01. The second-order valence-electron chi connectivity index (χ2n) is 5.01. The minimum Gasteiger partial charge on any atom is -0.381 e. The van der Waals surface area contributed by atoms with E-state index in [2.05, 4.69) is 10.6 Å². The van der Waals surface area contributed by atoms with Crippen molar-refractivity contribution in [3.63, 3.8) is 0 Å². The minimum absolute atomic E-state index is 0.227. The second kappa shape index (κ2) is 3.76. The highest BCUT2D eigenvalue weighted by atomic mass is 16.5. The van der Waals surface area contributed by atoms with Crippen LogP contribution in [-0.2, 0) is 9.53 Å². The Morgan fingerprint density at radius 2 is 2.20 bits per heavy atom. The fourth-order valence-electron chi connectivity index (χ4n) is 2.88. The Hall–Kier alpha value is -0.610. The number of nitrogens with one attached hydrogen (secondary N) is 2. The first-order valence-corrected chi connectivity index (χ1v) is 5.92. The van der Waals surface area contributed by atoms with E-state index in [0.717, 1.165) is 32.7 Å². The Balaban J connectivity index is 1.42. The molecule has 3 fully saturated rings. The number of amides is 1. The highest BCUT2D eigenvalue weighted by Gasteiger charge is 2.53. The fourth-order valence-corrected chi connectivity index (χ4v) is 2.88. The van der Waals surface area contributed by atoms with E-state index in [1.165, 1.54) is 0 Å². The number of piperidine rings is 1. The van der Waals surface area contributed by atoms with Gasteiger partial charge in [-0.05, 0) is 24.2 Å². The van der Waals surface area contributed by atoms with Crippen LogP contribution in [-0.4, -0.2) is 38.3 Å². The molecule has 0 radical (unpaired) electrons. The maximum absolute atomic E-state index is 11.7. The molecule has 0 spiro atoms. The molecule has 0 bridgehead atoms. The van der Waals surface area contributed by atoms with Gasteiger partial charge >= 0.3 is 0 Å². The zero-order chi connectivity index (χ0) is 10.3. The zero-order valence-electron chi connectivity index (χ0n) is 8.87. The van der Waals surface area contributed by atoms with Crippen molar-refractivity contribution < 1.29 is 9.53 Å². The Bertz CT molecular complexity index is 253. The summed E-state index contributed by atoms with van der Waals surface area (Å²) in [6, 6.07) is 0.473. The lowest BCUT2D eigenvalue weighted by Gasteiger charge is -2.10. The van der Waals surface area contributed by atoms with Crippen LogP contribution in [0.4, 0.5) is 0 Å². The number of carbonyl (C=O) groups excluding carboxylic acids is 1. The third-order valence-electron chi connectivity index (χ3n) is 3.92. The molecule has 3 aliphatic rings. The van der Waals surface area contributed by atoms with E-state index in [1.807, 2.05) is 0 Å². The van der Waals surface area contributed by atoms with Gasteiger partial charge in [0.2, 0.25) is 5.91 Å². The summed E-state index contributed by atoms with van der Waals surface area (Å²) in [7, 11) is 0. The summed E-state index contributed by atoms with van der Waals surface area (Å²) in [6.07, 6.45) is 1.70. The summed E-state index contributed by atoms with van der Waals surface area (Å²) in [4.78, 5) is 11.7. The van der Waals surface area contributed by atoms with Gasteiger partial charge in [0.25, 0.3) is 0 Å². The molecule has 4 heteroatoms. The molecule has 1 amide bonds. The number of hydrogen-bond acceptors (Lipinski definition) is 3. The van der Waals surface area contributed by atoms with Gasteiger partial charge in [0.1, 0.15) is 0 Å². The molecule has 0 aromatic heterocycles. The quantitative estimate of drug-likeness (QED) is 0.675. The third-order valence-corrected chi connectivity index (χ3v) is 3.92. The lowest BCUT2D eigenvalue weighted by atomic mass is 10.0. The van der Waals surface area contributed by atoms with E-state index in [0.29, 0.717) is 30.2 Å². The molecule has 4 nitrogen and oxygen atoms in total. The van der Waals surface area contributed by atoms with E-state index >= 15 is 0 Å². The summed E-state index contributed by atoms with van der Waals surface area (Å²) in [5, 5.41) is 6.48. The van der Waals surface area contributed by atoms with Gasteiger partial charge in [-0.2, -0.15) is 0 Å². The minimum atomic E-state index is 0.227. The molecule has 1 aliphatic carbocycles. The van der Waals surface area contributed by atoms with Crippen LogP contribution in [0.25, 0.3) is 0 Å². The number of rotatable bonds is 3. The van der Waals surface area contributed by atoms with Crippen LogP contribution in [0.1, 0.15) is 12.8 Å². The zero-order valence-corrected chi connectivity index (χ0v) is 8.87. The molecular formula is C11H18N2O2. The van der Waals surface area contributed by atoms with E-state index < -0.39 is 0 Å². The largest absolute Gasteiger partial charge is 0.381 e. The van der Waals surface area contributed by atoms with Gasteiger partial charge in [-0.1, -0.05) is 0 Å². The first-order valence-electron chi connectivity index (χ1n) is 5.92. The summed E-state index contributed by atoms with van der Waals surface area (Å²) in [6.45, 7) is 3.77. The van der Waals surface area contributed by atoms with Crippen molar-refractivity contribution in [2.24, 2.45) is 17.8 Å². The van der Waals surface area contributed by atoms with Crippen molar-refractivity contribution in [1.29, 1.82) is 0 Å². The van der Waals surface area contributed by atoms with Crippen LogP contribution in [0, 0.1) is 17.8 Å². The summed E-state index contributed by atoms with van der Waals surface area (Å²) in [5.41, 5.74) is 0. The molecular weight excluding hydrogens is 192 g/mol. The molecule has 15 heavy (non-hydrogen) atoms. The van der Waals surface area contributed by atoms with E-state index in [1.54, 1.807) is 0 Å². The average Bonchev–Trinajstić information content (AvgIpc) is 2.65. The number of hydrogen-bond donors (Lipinski definition) is 2. The van der Waals surface area contributed by atoms with Gasteiger partial charge in [-0.15, -0.1) is 0 Å². The highest BCUT2D eigenvalue weighted by Crippen LogP contribution is 2.41. The molecule has 3 rings (SSSR count). The summed E-state index contributed by atoms with van der Waals surface area (Å²) < 4.78 is 5.26. The first kappa shape index (κ1) is 9.60. The van der Waals surface area contributed by atoms with Crippen LogP contribution in [0.5, 0.6) is 0 Å². The van der Waals surface area contributed by atoms with Gasteiger partial charge in [0, 0.05) is 38.8 Å². The molecule has 3 unspecified atom stereocenters. The third kappa shape index (κ3) is 1.88. The molecule has 0 aromatic carbocycles. The molecule has 1 saturated carbocycles. The summed E-state index contributed by atoms with van der Waals surface area (Å²) in [5.74, 6) is 2.12. The number of ether oxygens (including phenoxy) is 1. The molecule has 2 heterocycles. The van der Waals surface area contributed by atoms with Gasteiger partial charge in [-0.25, -0.2) is 0 Å². The standard InChI is InChI=1S/C11H18N2O2/c14-10(3-7-1-2-15-6-7)13-11-8-4-12-5-9(8)11/h7-9,11-12H,1-6H2,(H,13,14). The van der Waals surface area contributed by atoms with Crippen molar-refractivity contribution in [2.75, 3.05) is 26.3 Å². The Kier molecular flexibility index (Phi) is 2.41. The lowest BCUT2D eigenvalue weighted by Crippen LogP contribution is -2.33. The number of carbonyl (C=O) groups is 1. The molecule has 0 aromatic rings. The van der Waals surface area contributed by atoms with Crippen LogP contribution in [0.2, 0.25) is 0 Å². The van der Waals surface area contributed by atoms with E-state index in [4.69, 9.17) is 4.74 Å². The predicted molar refractivity (Wildman–Crippen MR) is 55.3 cm³/mol. The van der Waals surface area contributed by atoms with Crippen LogP contribution >= 0.6 is 0 Å². The average molecular weight is 210 g/mol. The highest BCUT2D eigenvalue weighted by molar-refractivity contribution is 5.77. The predicted octanol–water partition coefficient (Wildman–Crippen LogP) is -0.253. The molecule has 84 valence electrons. The Labute approximate surface area is 89.7 Å². The van der Waals surface area contributed by atoms with Gasteiger partial charge in [0.05, 0.1) is 0 Å². The summed E-state index contributed by atoms with van der Waals surface area (Å²) >= 11 is 0. The SMILES string of the molecule is O=C(CC1CCOC1)NC1C2CNCC21. The van der Waals surface area contributed by atoms with E-state index in [9.17, 15) is 4.79 Å². The Morgan fingerprint density at radius 1 is 1.40 bits per heavy atom. The molecule has 3 atom stereocenters. The van der Waals surface area contributed by atoms with Crippen LogP contribution in [0.15, 0.2) is 0 Å². The monoisotopic (exact) mass is 210 g/mol. The van der Waals surface area contributed by atoms with Crippen molar-refractivity contribution in [3.05, 3.63) is 0 Å². The van der Waals surface area contributed by atoms with Crippen molar-refractivity contribution in [2.45, 2.75) is 18.9 Å². The Morgan fingerprint density at radius 3 is 2.87 bits per heavy atom. The first-order chi connectivity index (χ1) is 7.34. The van der Waals surface area contributed by atoms with Crippen LogP contribution < -0.4 is 10.6 Å². The fraction of sp³-hybridized carbons (Fsp3) is 0.909. The van der Waals surface area contributed by atoms with Gasteiger partial charge < -0.3 is 15.4 Å². The smallest absolute Gasteiger partial charge is 0.220 e. The maximum atomic E-state index is 11.7. The van der Waals surface area contributed by atoms with Crippen LogP contribution in [0.3, 0.4) is 0 Å². The van der Waals surface area contributed by atoms with E-state index in [-0.39, 0.29) is 5.91 Å². The lowest BCUT2D eigenvalue weighted by molar-refractivity contribution is -0.122. The normalized spacial score (nSPS) is 42.7. The van der Waals surface area contributed by atoms with Crippen molar-refractivity contribution in [1.82, 2.24) is 10.6 Å². The van der Waals surface area contributed by atoms with Gasteiger partial charge in [0.15, 0.2) is 0 Å². The van der Waals surface area contributed by atoms with Crippen molar-refractivity contribution in [3.8, 4) is 0 Å². The maximum Gasteiger partial charge on any atom is 0.220 e. The molecule has 2 saturated heterocycles. The van der Waals surface area contributed by atoms with Gasteiger partial charge in [-0.3, -0.25) is 4.79 Å².